The van der Waals surface area contributed by atoms with Crippen LogP contribution < -0.4 is 0 Å². The number of rotatable bonds is 10. The quantitative estimate of drug-likeness (QED) is 0.421. The molecule has 4 nitrogen and oxygen atoms in total. The third-order valence-corrected chi connectivity index (χ3v) is 7.04. The van der Waals surface area contributed by atoms with Crippen molar-refractivity contribution >= 4 is 11.9 Å². The van der Waals surface area contributed by atoms with E-state index in [1.54, 1.807) is 0 Å². The van der Waals surface area contributed by atoms with Gasteiger partial charge in [-0.25, -0.2) is 0 Å². The molecule has 0 aliphatic carbocycles. The second kappa shape index (κ2) is 10.4. The standard InChI is InChI=1S/C28H47NO3/c1-12-27(10,24(30)29(19(2)3)20(4)5)18-28(11,25(31)32)17-21(6)22-13-15-23(16-14-22)26(7,8)9/h13-16,19-21H,12,17-18H2,1-11H3,(H,31,32). The highest BCUT2D eigenvalue weighted by Gasteiger charge is 2.46. The van der Waals surface area contributed by atoms with Gasteiger partial charge in [0.15, 0.2) is 0 Å². The number of carbonyl (C=O) groups is 2. The smallest absolute Gasteiger partial charge is 0.309 e. The SMILES string of the molecule is CCC(C)(CC(C)(CC(C)c1ccc(C(C)(C)C)cc1)C(=O)O)C(=O)N(C(C)C)C(C)C. The number of amides is 1. The van der Waals surface area contributed by atoms with Crippen LogP contribution in [-0.4, -0.2) is 34.0 Å². The van der Waals surface area contributed by atoms with Crippen LogP contribution in [0.15, 0.2) is 24.3 Å². The average molecular weight is 446 g/mol. The first kappa shape index (κ1) is 28.2. The van der Waals surface area contributed by atoms with Gasteiger partial charge < -0.3 is 10.0 Å². The summed E-state index contributed by atoms with van der Waals surface area (Å²) in [6.07, 6.45) is 1.42. The molecule has 3 atom stereocenters. The van der Waals surface area contributed by atoms with Gasteiger partial charge in [-0.05, 0) is 76.3 Å². The van der Waals surface area contributed by atoms with E-state index < -0.39 is 16.8 Å². The van der Waals surface area contributed by atoms with E-state index in [2.05, 4.69) is 52.0 Å². The first-order chi connectivity index (χ1) is 14.5. The summed E-state index contributed by atoms with van der Waals surface area (Å²) in [6, 6.07) is 8.68. The van der Waals surface area contributed by atoms with Crippen LogP contribution in [0, 0.1) is 10.8 Å². The Labute approximate surface area is 196 Å². The lowest BCUT2D eigenvalue weighted by Crippen LogP contribution is -2.51. The van der Waals surface area contributed by atoms with Gasteiger partial charge >= 0.3 is 5.97 Å². The number of benzene rings is 1. The monoisotopic (exact) mass is 445 g/mol. The van der Waals surface area contributed by atoms with Gasteiger partial charge in [-0.3, -0.25) is 9.59 Å². The Morgan fingerprint density at radius 2 is 1.34 bits per heavy atom. The second-order valence-electron chi connectivity index (χ2n) is 11.8. The maximum absolute atomic E-state index is 13.6. The van der Waals surface area contributed by atoms with Crippen molar-refractivity contribution in [3.63, 3.8) is 0 Å². The largest absolute Gasteiger partial charge is 0.481 e. The summed E-state index contributed by atoms with van der Waals surface area (Å²) in [5, 5.41) is 10.3. The number of hydrogen-bond acceptors (Lipinski definition) is 2. The Morgan fingerprint density at radius 1 is 0.875 bits per heavy atom. The first-order valence-corrected chi connectivity index (χ1v) is 12.1. The zero-order chi connectivity index (χ0) is 25.1. The van der Waals surface area contributed by atoms with E-state index in [1.165, 1.54) is 5.56 Å². The van der Waals surface area contributed by atoms with Crippen LogP contribution in [0.3, 0.4) is 0 Å². The minimum Gasteiger partial charge on any atom is -0.481 e. The number of nitrogens with zero attached hydrogens (tertiary/aromatic N) is 1. The molecule has 182 valence electrons. The molecule has 1 N–H and O–H groups in total. The van der Waals surface area contributed by atoms with Crippen LogP contribution >= 0.6 is 0 Å². The first-order valence-electron chi connectivity index (χ1n) is 12.1. The Hall–Kier alpha value is -1.84. The van der Waals surface area contributed by atoms with Crippen molar-refractivity contribution in [1.82, 2.24) is 4.90 Å². The van der Waals surface area contributed by atoms with Crippen LogP contribution in [0.5, 0.6) is 0 Å². The highest BCUT2D eigenvalue weighted by atomic mass is 16.4. The molecule has 0 bridgehead atoms. The fourth-order valence-electron chi connectivity index (χ4n) is 4.93. The number of carbonyl (C=O) groups excluding carboxylic acids is 1. The van der Waals surface area contributed by atoms with Crippen molar-refractivity contribution in [2.24, 2.45) is 10.8 Å². The normalized spacial score (nSPS) is 17.0. The third-order valence-electron chi connectivity index (χ3n) is 7.04. The van der Waals surface area contributed by atoms with Crippen LogP contribution in [0.2, 0.25) is 0 Å². The van der Waals surface area contributed by atoms with Gasteiger partial charge in [-0.1, -0.05) is 65.8 Å². The molecule has 0 aliphatic heterocycles. The minimum absolute atomic E-state index is 0.0552. The third kappa shape index (κ3) is 6.59. The zero-order valence-electron chi connectivity index (χ0n) is 22.4. The van der Waals surface area contributed by atoms with Crippen molar-refractivity contribution in [3.05, 3.63) is 35.4 Å². The van der Waals surface area contributed by atoms with Crippen LogP contribution in [0.1, 0.15) is 112 Å². The van der Waals surface area contributed by atoms with Crippen LogP contribution in [0.25, 0.3) is 0 Å². The molecule has 3 unspecified atom stereocenters. The van der Waals surface area contributed by atoms with Gasteiger partial charge in [0.05, 0.1) is 5.41 Å². The molecule has 0 saturated carbocycles. The van der Waals surface area contributed by atoms with E-state index in [1.807, 2.05) is 53.4 Å². The van der Waals surface area contributed by atoms with Crippen molar-refractivity contribution in [3.8, 4) is 0 Å². The summed E-state index contributed by atoms with van der Waals surface area (Å²) in [4.78, 5) is 28.0. The fourth-order valence-corrected chi connectivity index (χ4v) is 4.93. The average Bonchev–Trinajstić information content (AvgIpc) is 2.66. The zero-order valence-corrected chi connectivity index (χ0v) is 22.4. The molecule has 1 aromatic rings. The Kier molecular flexibility index (Phi) is 9.16. The Balaban J connectivity index is 3.21. The maximum atomic E-state index is 13.6. The van der Waals surface area contributed by atoms with E-state index >= 15 is 0 Å². The van der Waals surface area contributed by atoms with Gasteiger partial charge in [0, 0.05) is 17.5 Å². The number of aliphatic carboxylic acids is 1. The molecule has 4 heteroatoms. The van der Waals surface area contributed by atoms with E-state index in [9.17, 15) is 14.7 Å². The summed E-state index contributed by atoms with van der Waals surface area (Å²) >= 11 is 0. The molecule has 0 saturated heterocycles. The predicted octanol–water partition coefficient (Wildman–Crippen LogP) is 7.02. The number of hydrogen-bond donors (Lipinski definition) is 1. The molecule has 0 heterocycles. The summed E-state index contributed by atoms with van der Waals surface area (Å²) in [6.45, 7) is 22.5. The highest BCUT2D eigenvalue weighted by molar-refractivity contribution is 5.84. The van der Waals surface area contributed by atoms with Crippen molar-refractivity contribution in [2.75, 3.05) is 0 Å². The second-order valence-corrected chi connectivity index (χ2v) is 11.8. The Bertz CT molecular complexity index is 767. The van der Waals surface area contributed by atoms with Crippen LogP contribution in [0.4, 0.5) is 0 Å². The van der Waals surface area contributed by atoms with Gasteiger partial charge in [-0.2, -0.15) is 0 Å². The van der Waals surface area contributed by atoms with Crippen molar-refractivity contribution in [1.29, 1.82) is 0 Å². The molecule has 1 amide bonds. The molecular weight excluding hydrogens is 398 g/mol. The molecule has 0 fully saturated rings. The number of carboxylic acid groups (broad SMARTS) is 1. The van der Waals surface area contributed by atoms with Crippen molar-refractivity contribution < 1.29 is 14.7 Å². The van der Waals surface area contributed by atoms with E-state index in [0.29, 0.717) is 19.3 Å². The summed E-state index contributed by atoms with van der Waals surface area (Å²) in [5.41, 5.74) is 0.765. The molecule has 1 aromatic carbocycles. The van der Waals surface area contributed by atoms with E-state index in [0.717, 1.165) is 5.56 Å². The molecule has 0 aromatic heterocycles. The predicted molar refractivity (Wildman–Crippen MR) is 134 cm³/mol. The van der Waals surface area contributed by atoms with Crippen molar-refractivity contribution in [2.45, 2.75) is 119 Å². The lowest BCUT2D eigenvalue weighted by molar-refractivity contribution is -0.156. The van der Waals surface area contributed by atoms with Gasteiger partial charge in [-0.15, -0.1) is 0 Å². The molecule has 0 spiro atoms. The minimum atomic E-state index is -0.998. The molecule has 0 aliphatic rings. The maximum Gasteiger partial charge on any atom is 0.309 e. The highest BCUT2D eigenvalue weighted by Crippen LogP contribution is 2.44. The fraction of sp³-hybridized carbons (Fsp3) is 0.714. The van der Waals surface area contributed by atoms with Gasteiger partial charge in [0.25, 0.3) is 0 Å². The molecular formula is C28H47NO3. The van der Waals surface area contributed by atoms with Crippen LogP contribution in [-0.2, 0) is 15.0 Å². The number of carboxylic acids is 1. The summed E-state index contributed by atoms with van der Waals surface area (Å²) in [7, 11) is 0. The molecule has 0 radical (unpaired) electrons. The van der Waals surface area contributed by atoms with E-state index in [-0.39, 0.29) is 29.3 Å². The molecule has 1 rings (SSSR count). The lowest BCUT2D eigenvalue weighted by Gasteiger charge is -2.42. The molecule has 32 heavy (non-hydrogen) atoms. The van der Waals surface area contributed by atoms with E-state index in [4.69, 9.17) is 0 Å². The summed E-state index contributed by atoms with van der Waals surface area (Å²) < 4.78 is 0. The topological polar surface area (TPSA) is 57.6 Å². The van der Waals surface area contributed by atoms with Gasteiger partial charge in [0.1, 0.15) is 0 Å². The lowest BCUT2D eigenvalue weighted by atomic mass is 9.66. The Morgan fingerprint density at radius 3 is 1.69 bits per heavy atom. The van der Waals surface area contributed by atoms with Gasteiger partial charge in [0.2, 0.25) is 5.91 Å². The summed E-state index contributed by atoms with van der Waals surface area (Å²) in [5.74, 6) is -0.698.